The summed E-state index contributed by atoms with van der Waals surface area (Å²) in [6, 6.07) is 13.7. The number of rotatable bonds is 2. The van der Waals surface area contributed by atoms with Crippen LogP contribution in [0.5, 0.6) is 5.75 Å². The zero-order valence-electron chi connectivity index (χ0n) is 16.8. The Balaban J connectivity index is 1.37. The van der Waals surface area contributed by atoms with Crippen molar-refractivity contribution in [2.24, 2.45) is 27.5 Å². The summed E-state index contributed by atoms with van der Waals surface area (Å²) in [5.74, 6) is 2.44. The van der Waals surface area contributed by atoms with Crippen molar-refractivity contribution in [3.63, 3.8) is 0 Å². The van der Waals surface area contributed by atoms with Gasteiger partial charge in [0, 0.05) is 16.1 Å². The maximum Gasteiger partial charge on any atom is 0.115 e. The van der Waals surface area contributed by atoms with Crippen molar-refractivity contribution in [3.8, 4) is 5.75 Å². The summed E-state index contributed by atoms with van der Waals surface area (Å²) in [7, 11) is 0. The van der Waals surface area contributed by atoms with Crippen molar-refractivity contribution in [3.05, 3.63) is 64.2 Å². The van der Waals surface area contributed by atoms with E-state index in [2.05, 4.69) is 18.1 Å². The molecule has 0 heterocycles. The fourth-order valence-corrected chi connectivity index (χ4v) is 6.36. The molecule has 2 saturated carbocycles. The molecule has 0 bridgehead atoms. The van der Waals surface area contributed by atoms with Gasteiger partial charge in [0.05, 0.1) is 6.21 Å². The first-order valence-electron chi connectivity index (χ1n) is 10.7. The van der Waals surface area contributed by atoms with Gasteiger partial charge in [0.1, 0.15) is 5.75 Å². The molecule has 150 valence electrons. The summed E-state index contributed by atoms with van der Waals surface area (Å²) in [6.07, 6.45) is 8.80. The van der Waals surface area contributed by atoms with Crippen molar-refractivity contribution >= 4 is 23.5 Å². The molecular formula is C25H27ClN2O. The van der Waals surface area contributed by atoms with Crippen LogP contribution >= 0.6 is 11.6 Å². The van der Waals surface area contributed by atoms with E-state index in [-0.39, 0.29) is 5.41 Å². The van der Waals surface area contributed by atoms with Gasteiger partial charge in [-0.3, -0.25) is 0 Å². The summed E-state index contributed by atoms with van der Waals surface area (Å²) in [5, 5.41) is 19.7. The number of fused-ring (bicyclic) bond motifs is 5. The average molecular weight is 407 g/mol. The number of phenols is 1. The fraction of sp³-hybridized carbons (Fsp3) is 0.440. The Bertz CT molecular complexity index is 981. The second kappa shape index (κ2) is 7.28. The predicted octanol–water partition coefficient (Wildman–Crippen LogP) is 6.38. The summed E-state index contributed by atoms with van der Waals surface area (Å²) in [6.45, 7) is 2.42. The van der Waals surface area contributed by atoms with Gasteiger partial charge in [-0.25, -0.2) is 0 Å². The Morgan fingerprint density at radius 1 is 1.07 bits per heavy atom. The molecule has 3 nitrogen and oxygen atoms in total. The number of benzene rings is 2. The van der Waals surface area contributed by atoms with E-state index in [0.717, 1.165) is 29.3 Å². The molecular weight excluding hydrogens is 380 g/mol. The zero-order valence-corrected chi connectivity index (χ0v) is 17.6. The van der Waals surface area contributed by atoms with E-state index in [1.165, 1.54) is 42.5 Å². The topological polar surface area (TPSA) is 45.0 Å². The van der Waals surface area contributed by atoms with Crippen LogP contribution in [0, 0.1) is 17.3 Å². The van der Waals surface area contributed by atoms with Gasteiger partial charge in [-0.05, 0) is 97.2 Å². The van der Waals surface area contributed by atoms with Gasteiger partial charge in [0.2, 0.25) is 0 Å². The first-order chi connectivity index (χ1) is 14.0. The van der Waals surface area contributed by atoms with Crippen LogP contribution in [0.15, 0.2) is 52.7 Å². The third-order valence-electron chi connectivity index (χ3n) is 7.71. The van der Waals surface area contributed by atoms with E-state index in [4.69, 9.17) is 16.7 Å². The second-order valence-corrected chi connectivity index (χ2v) is 9.57. The zero-order chi connectivity index (χ0) is 20.0. The van der Waals surface area contributed by atoms with Crippen LogP contribution in [0.2, 0.25) is 5.02 Å². The van der Waals surface area contributed by atoms with Crippen molar-refractivity contribution in [1.82, 2.24) is 0 Å². The molecule has 2 fully saturated rings. The van der Waals surface area contributed by atoms with Crippen LogP contribution in [0.25, 0.3) is 0 Å². The SMILES string of the molecule is C[C@]12CC[C@H]3c4ccc(O)cc4CC[C@@H]3[C@@H]1CC/C2=N/N=C\c1ccc(Cl)cc1. The lowest BCUT2D eigenvalue weighted by atomic mass is 9.55. The van der Waals surface area contributed by atoms with Crippen LogP contribution in [0.3, 0.4) is 0 Å². The first-order valence-corrected chi connectivity index (χ1v) is 11.1. The number of aryl methyl sites for hydroxylation is 1. The van der Waals surface area contributed by atoms with Gasteiger partial charge in [0.15, 0.2) is 0 Å². The highest BCUT2D eigenvalue weighted by molar-refractivity contribution is 6.30. The Kier molecular flexibility index (Phi) is 4.74. The minimum atomic E-state index is 0.174. The lowest BCUT2D eigenvalue weighted by molar-refractivity contribution is 0.0955. The molecule has 2 aromatic rings. The van der Waals surface area contributed by atoms with E-state index in [1.54, 1.807) is 0 Å². The summed E-state index contributed by atoms with van der Waals surface area (Å²) < 4.78 is 0. The molecule has 4 heteroatoms. The van der Waals surface area contributed by atoms with E-state index in [1.807, 2.05) is 42.6 Å². The number of hydrogen-bond acceptors (Lipinski definition) is 3. The molecule has 1 N–H and O–H groups in total. The Hall–Kier alpha value is -2.13. The fourth-order valence-electron chi connectivity index (χ4n) is 6.24. The molecule has 0 unspecified atom stereocenters. The normalized spacial score (nSPS) is 32.2. The van der Waals surface area contributed by atoms with E-state index >= 15 is 0 Å². The largest absolute Gasteiger partial charge is 0.508 e. The smallest absolute Gasteiger partial charge is 0.115 e. The van der Waals surface area contributed by atoms with Crippen LogP contribution in [-0.2, 0) is 6.42 Å². The van der Waals surface area contributed by atoms with Crippen molar-refractivity contribution < 1.29 is 5.11 Å². The lowest BCUT2D eigenvalue weighted by Crippen LogP contribution is -2.42. The Labute approximate surface area is 177 Å². The molecule has 0 spiro atoms. The lowest BCUT2D eigenvalue weighted by Gasteiger charge is -2.49. The Morgan fingerprint density at radius 3 is 2.72 bits per heavy atom. The highest BCUT2D eigenvalue weighted by Crippen LogP contribution is 2.60. The minimum Gasteiger partial charge on any atom is -0.508 e. The quantitative estimate of drug-likeness (QED) is 0.456. The summed E-state index contributed by atoms with van der Waals surface area (Å²) in [5.41, 5.74) is 5.31. The van der Waals surface area contributed by atoms with Crippen molar-refractivity contribution in [1.29, 1.82) is 0 Å². The molecule has 5 rings (SSSR count). The third kappa shape index (κ3) is 3.30. The highest BCUT2D eigenvalue weighted by Gasteiger charge is 2.53. The molecule has 0 amide bonds. The van der Waals surface area contributed by atoms with E-state index in [9.17, 15) is 5.11 Å². The van der Waals surface area contributed by atoms with Crippen molar-refractivity contribution in [2.75, 3.05) is 0 Å². The van der Waals surface area contributed by atoms with Gasteiger partial charge in [0.25, 0.3) is 0 Å². The highest BCUT2D eigenvalue weighted by atomic mass is 35.5. The average Bonchev–Trinajstić information content (AvgIpc) is 3.05. The molecule has 2 aromatic carbocycles. The Morgan fingerprint density at radius 2 is 1.90 bits per heavy atom. The maximum atomic E-state index is 9.85. The van der Waals surface area contributed by atoms with Crippen LogP contribution in [0.4, 0.5) is 0 Å². The van der Waals surface area contributed by atoms with Gasteiger partial charge >= 0.3 is 0 Å². The number of hydrogen-bond donors (Lipinski definition) is 1. The third-order valence-corrected chi connectivity index (χ3v) is 7.96. The van der Waals surface area contributed by atoms with Crippen LogP contribution in [-0.4, -0.2) is 17.0 Å². The van der Waals surface area contributed by atoms with Gasteiger partial charge in [-0.1, -0.05) is 36.7 Å². The molecule has 3 aliphatic carbocycles. The molecule has 0 aliphatic heterocycles. The molecule has 0 radical (unpaired) electrons. The molecule has 29 heavy (non-hydrogen) atoms. The van der Waals surface area contributed by atoms with Crippen LogP contribution in [0.1, 0.15) is 61.6 Å². The summed E-state index contributed by atoms with van der Waals surface area (Å²) >= 11 is 5.95. The number of aromatic hydroxyl groups is 1. The number of nitrogens with zero attached hydrogens (tertiary/aromatic N) is 2. The molecule has 4 atom stereocenters. The molecule has 0 aromatic heterocycles. The van der Waals surface area contributed by atoms with Crippen molar-refractivity contribution in [2.45, 2.75) is 51.4 Å². The maximum absolute atomic E-state index is 9.85. The molecule has 3 aliphatic rings. The monoisotopic (exact) mass is 406 g/mol. The number of halogens is 1. The second-order valence-electron chi connectivity index (χ2n) is 9.14. The minimum absolute atomic E-state index is 0.174. The first kappa shape index (κ1) is 18.9. The number of phenolic OH excluding ortho intramolecular Hbond substituents is 1. The van der Waals surface area contributed by atoms with Crippen LogP contribution < -0.4 is 0 Å². The van der Waals surface area contributed by atoms with Gasteiger partial charge in [-0.2, -0.15) is 10.2 Å². The van der Waals surface area contributed by atoms with Gasteiger partial charge in [-0.15, -0.1) is 0 Å². The van der Waals surface area contributed by atoms with E-state index in [0.29, 0.717) is 17.6 Å². The standard InChI is InChI=1S/C25H27ClN2O/c1-25-13-12-21-20-9-7-19(29)14-17(20)4-8-22(21)23(25)10-11-24(25)28-27-15-16-2-5-18(26)6-3-16/h2-3,5-7,9,14-15,21-23,29H,4,8,10-13H2,1H3/b27-15-,28-24-/t21-,22-,23-,25-/m0/s1. The van der Waals surface area contributed by atoms with E-state index < -0.39 is 0 Å². The summed E-state index contributed by atoms with van der Waals surface area (Å²) in [4.78, 5) is 0. The predicted molar refractivity (Wildman–Crippen MR) is 119 cm³/mol. The van der Waals surface area contributed by atoms with Gasteiger partial charge < -0.3 is 5.11 Å². The molecule has 0 saturated heterocycles.